The number of hydrogen-bond acceptors (Lipinski definition) is 4. The summed E-state index contributed by atoms with van der Waals surface area (Å²) in [6.07, 6.45) is 5.44. The Balaban J connectivity index is 1.15. The molecule has 3 aromatic heterocycles. The fourth-order valence-corrected chi connectivity index (χ4v) is 9.27. The zero-order valence-corrected chi connectivity index (χ0v) is 36.1. The normalized spacial score (nSPS) is 14.7. The van der Waals surface area contributed by atoms with Crippen LogP contribution in [0.4, 0.5) is 11.5 Å². The van der Waals surface area contributed by atoms with Crippen molar-refractivity contribution < 1.29 is 37.8 Å². The second kappa shape index (κ2) is 15.8. The number of benzene rings is 6. The third kappa shape index (κ3) is 6.99. The second-order valence-corrected chi connectivity index (χ2v) is 16.9. The quantitative estimate of drug-likeness (QED) is 0.135. The van der Waals surface area contributed by atoms with E-state index in [1.165, 1.54) is 0 Å². The molecule has 0 unspecified atom stereocenters. The number of aromatic nitrogens is 5. The maximum absolute atomic E-state index is 9.08. The molecule has 302 valence electrons. The van der Waals surface area contributed by atoms with Crippen LogP contribution in [0.3, 0.4) is 0 Å². The SMILES string of the molecule is [2H]c1c([2H])c([2H])c(-c2cccc(-c3c([2H])c([2H])c([2H])c([2H])c3[2H])c2-n2[c](=[Pt])n(-c3cccc(Oc4ccc5c(c4)N(c4cc(C(C)(C)C)ccn4)B(CCC)n4nccc4-5)c3)c3ccccc32)c([2H])c1[2H]. The van der Waals surface area contributed by atoms with Gasteiger partial charge < -0.3 is 0 Å². The summed E-state index contributed by atoms with van der Waals surface area (Å²) in [5.74, 6) is 1.94. The minimum absolute atomic E-state index is 0.105. The van der Waals surface area contributed by atoms with Crippen molar-refractivity contribution in [3.8, 4) is 56.4 Å². The predicted octanol–water partition coefficient (Wildman–Crippen LogP) is 13.1. The van der Waals surface area contributed by atoms with Crippen molar-refractivity contribution in [3.05, 3.63) is 185 Å². The van der Waals surface area contributed by atoms with E-state index in [0.29, 0.717) is 32.0 Å². The first kappa shape index (κ1) is 28.9. The van der Waals surface area contributed by atoms with Crippen molar-refractivity contribution in [3.63, 3.8) is 0 Å². The average Bonchev–Trinajstić information content (AvgIpc) is 3.97. The molecule has 7 nitrogen and oxygen atoms in total. The van der Waals surface area contributed by atoms with Crippen LogP contribution in [-0.2, 0) is 24.8 Å². The molecule has 9 heteroatoms. The van der Waals surface area contributed by atoms with Gasteiger partial charge in [-0.25, -0.2) is 0 Å². The minimum atomic E-state index is -0.558. The molecule has 10 rings (SSSR count). The summed E-state index contributed by atoms with van der Waals surface area (Å²) in [7, 11) is 0. The molecular formula is C52H45BN6OPt. The van der Waals surface area contributed by atoms with Crippen molar-refractivity contribution in [1.82, 2.24) is 23.8 Å². The van der Waals surface area contributed by atoms with Gasteiger partial charge in [-0.3, -0.25) is 0 Å². The van der Waals surface area contributed by atoms with Crippen LogP contribution in [0.25, 0.3) is 55.9 Å². The van der Waals surface area contributed by atoms with Crippen molar-refractivity contribution in [2.75, 3.05) is 4.81 Å². The number of para-hydroxylation sites is 3. The topological polar surface area (TPSA) is 53.0 Å². The van der Waals surface area contributed by atoms with E-state index in [4.69, 9.17) is 28.5 Å². The number of ether oxygens (including phenoxy) is 1. The number of fused-ring (bicyclic) bond motifs is 4. The molecule has 0 aliphatic carbocycles. The van der Waals surface area contributed by atoms with Crippen molar-refractivity contribution in [1.29, 1.82) is 0 Å². The van der Waals surface area contributed by atoms with E-state index < -0.39 is 60.4 Å². The van der Waals surface area contributed by atoms with Crippen LogP contribution in [0.5, 0.6) is 11.5 Å². The Bertz CT molecular complexity index is 3570. The number of pyridine rings is 1. The fraction of sp³-hybridized carbons (Fsp3) is 0.135. The first-order valence-electron chi connectivity index (χ1n) is 25.1. The van der Waals surface area contributed by atoms with Gasteiger partial charge in [0.15, 0.2) is 0 Å². The van der Waals surface area contributed by atoms with Crippen LogP contribution in [0.1, 0.15) is 53.4 Å². The zero-order chi connectivity index (χ0) is 50.4. The van der Waals surface area contributed by atoms with Gasteiger partial charge in [-0.2, -0.15) is 5.10 Å². The van der Waals surface area contributed by atoms with E-state index in [-0.39, 0.29) is 40.3 Å². The van der Waals surface area contributed by atoms with Crippen LogP contribution in [0.2, 0.25) is 6.32 Å². The summed E-state index contributed by atoms with van der Waals surface area (Å²) >= 11 is 2.17. The monoisotopic (exact) mass is 985 g/mol. The first-order chi connectivity index (χ1) is 33.9. The van der Waals surface area contributed by atoms with E-state index >= 15 is 0 Å². The Hall–Kier alpha value is -6.50. The van der Waals surface area contributed by atoms with E-state index in [0.717, 1.165) is 41.1 Å². The summed E-state index contributed by atoms with van der Waals surface area (Å²) in [5.41, 5.74) is 6.43. The Morgan fingerprint density at radius 1 is 0.689 bits per heavy atom. The number of nitrogens with zero attached hydrogens (tertiary/aromatic N) is 6. The Morgan fingerprint density at radius 3 is 2.05 bits per heavy atom. The van der Waals surface area contributed by atoms with E-state index in [9.17, 15) is 0 Å². The molecule has 4 heterocycles. The van der Waals surface area contributed by atoms with E-state index in [1.54, 1.807) is 18.2 Å². The van der Waals surface area contributed by atoms with Crippen LogP contribution >= 0.6 is 0 Å². The van der Waals surface area contributed by atoms with Crippen LogP contribution in [-0.4, -0.2) is 30.8 Å². The van der Waals surface area contributed by atoms with Crippen molar-refractivity contribution in [2.45, 2.75) is 45.9 Å². The number of hydrogen-bond donors (Lipinski definition) is 0. The Kier molecular flexibility index (Phi) is 7.50. The summed E-state index contributed by atoms with van der Waals surface area (Å²) in [6, 6.07) is 27.2. The first-order valence-corrected chi connectivity index (χ1v) is 21.2. The third-order valence-electron chi connectivity index (χ3n) is 11.0. The zero-order valence-electron chi connectivity index (χ0n) is 43.9. The van der Waals surface area contributed by atoms with Crippen molar-refractivity contribution >= 4 is 29.5 Å². The third-order valence-corrected chi connectivity index (χ3v) is 12.0. The van der Waals surface area contributed by atoms with Crippen LogP contribution in [0.15, 0.2) is 176 Å². The molecule has 0 amide bonds. The van der Waals surface area contributed by atoms with Crippen LogP contribution < -0.4 is 9.55 Å². The Morgan fingerprint density at radius 2 is 1.36 bits per heavy atom. The van der Waals surface area contributed by atoms with Gasteiger partial charge in [0.25, 0.3) is 0 Å². The fourth-order valence-electron chi connectivity index (χ4n) is 8.18. The molecule has 0 saturated heterocycles. The van der Waals surface area contributed by atoms with Crippen molar-refractivity contribution in [2.24, 2.45) is 0 Å². The van der Waals surface area contributed by atoms with Gasteiger partial charge in [0.05, 0.1) is 0 Å². The molecule has 9 aromatic rings. The molecule has 0 spiro atoms. The molecule has 1 aliphatic rings. The van der Waals surface area contributed by atoms with Crippen LogP contribution in [0, 0.1) is 3.80 Å². The summed E-state index contributed by atoms with van der Waals surface area (Å²) in [5, 5.41) is 4.79. The van der Waals surface area contributed by atoms with Gasteiger partial charge in [-0.1, -0.05) is 34.1 Å². The molecule has 1 aliphatic heterocycles. The van der Waals surface area contributed by atoms with Gasteiger partial charge >= 0.3 is 315 Å². The van der Waals surface area contributed by atoms with E-state index in [2.05, 4.69) is 74.7 Å². The van der Waals surface area contributed by atoms with Gasteiger partial charge in [-0.15, -0.1) is 0 Å². The number of rotatable bonds is 9. The number of imidazole rings is 1. The summed E-state index contributed by atoms with van der Waals surface area (Å²) in [4.78, 5) is 7.17. The number of anilines is 2. The molecule has 61 heavy (non-hydrogen) atoms. The molecule has 6 aromatic carbocycles. The standard InChI is InChI=1S/C52H45BN6O.Pt/c1-5-30-53-58(50-33-39(28-31-54-50)52(2,3)4)49-35-42(26-27-45(49)46-29-32-55-59(46)53)60-41-21-14-20-40(34-41)56-36-57(48-25-13-12-24-47(48)56)51-43(37-16-8-6-9-17-37)22-15-23-44(51)38-18-10-7-11-19-38;/h6-29,31-35H,5,30H2,1-4H3;/i6D,7D,8D,9D,10D,11D,16D,17D,18D,19D;. The maximum atomic E-state index is 9.08. The molecule has 0 fully saturated rings. The molecule has 0 N–H and O–H groups in total. The van der Waals surface area contributed by atoms with E-state index in [1.807, 2.05) is 88.3 Å². The van der Waals surface area contributed by atoms with Gasteiger partial charge in [0, 0.05) is 12.4 Å². The summed E-state index contributed by atoms with van der Waals surface area (Å²) in [6.45, 7) is 8.59. The molecule has 0 atom stereocenters. The van der Waals surface area contributed by atoms with Gasteiger partial charge in [0.2, 0.25) is 0 Å². The molecule has 0 saturated carbocycles. The average molecular weight is 986 g/mol. The second-order valence-electron chi connectivity index (χ2n) is 15.8. The molecule has 0 bridgehead atoms. The Labute approximate surface area is 382 Å². The summed E-state index contributed by atoms with van der Waals surface area (Å²) < 4.78 is 101. The van der Waals surface area contributed by atoms with Gasteiger partial charge in [0.1, 0.15) is 0 Å². The predicted molar refractivity (Wildman–Crippen MR) is 246 cm³/mol. The molecular weight excluding hydrogens is 931 g/mol. The van der Waals surface area contributed by atoms with Gasteiger partial charge in [-0.05, 0) is 17.0 Å². The molecule has 0 radical (unpaired) electrons.